The van der Waals surface area contributed by atoms with Gasteiger partial charge in [-0.1, -0.05) is 0 Å². The summed E-state index contributed by atoms with van der Waals surface area (Å²) in [5.74, 6) is -0.552. The van der Waals surface area contributed by atoms with Crippen LogP contribution in [0.1, 0.15) is 6.92 Å². The molecule has 1 N–H and O–H groups in total. The average Bonchev–Trinajstić information content (AvgIpc) is 2.56. The average molecular weight is 232 g/mol. The lowest BCUT2D eigenvalue weighted by Crippen LogP contribution is -2.15. The van der Waals surface area contributed by atoms with Gasteiger partial charge in [-0.05, 0) is 6.92 Å². The summed E-state index contributed by atoms with van der Waals surface area (Å²) in [4.78, 5) is 10.7. The minimum atomic E-state index is -1.18. The van der Waals surface area contributed by atoms with Crippen LogP contribution in [0, 0.1) is 0 Å². The van der Waals surface area contributed by atoms with Crippen molar-refractivity contribution in [3.63, 3.8) is 0 Å². The van der Waals surface area contributed by atoms with E-state index in [0.29, 0.717) is 25.4 Å². The maximum absolute atomic E-state index is 10.7. The van der Waals surface area contributed by atoms with Crippen molar-refractivity contribution in [3.8, 4) is 0 Å². The second-order valence-corrected chi connectivity index (χ2v) is 3.08. The van der Waals surface area contributed by atoms with Gasteiger partial charge in [0.05, 0.1) is 19.8 Å². The molecular weight excluding hydrogens is 216 g/mol. The molecule has 1 aliphatic heterocycles. The third-order valence-electron chi connectivity index (χ3n) is 1.86. The summed E-state index contributed by atoms with van der Waals surface area (Å²) >= 11 is 0. The van der Waals surface area contributed by atoms with Crippen molar-refractivity contribution in [1.82, 2.24) is 0 Å². The topological polar surface area (TPSA) is 74.2 Å². The van der Waals surface area contributed by atoms with E-state index in [-0.39, 0.29) is 13.4 Å². The number of carbonyl (C=O) groups is 1. The molecule has 0 amide bonds. The third-order valence-corrected chi connectivity index (χ3v) is 1.86. The number of aliphatic hydroxyl groups is 1. The molecule has 16 heavy (non-hydrogen) atoms. The smallest absolute Gasteiger partial charge is 0.333 e. The fourth-order valence-electron chi connectivity index (χ4n) is 1.09. The van der Waals surface area contributed by atoms with E-state index in [9.17, 15) is 9.90 Å². The number of hydrogen-bond acceptors (Lipinski definition) is 6. The van der Waals surface area contributed by atoms with Gasteiger partial charge in [0.2, 0.25) is 6.29 Å². The van der Waals surface area contributed by atoms with E-state index < -0.39 is 12.3 Å². The van der Waals surface area contributed by atoms with Crippen molar-refractivity contribution in [1.29, 1.82) is 0 Å². The first-order valence-electron chi connectivity index (χ1n) is 5.06. The number of cyclic esters (lactones) is 1. The molecule has 0 fully saturated rings. The lowest BCUT2D eigenvalue weighted by atomic mass is 10.3. The summed E-state index contributed by atoms with van der Waals surface area (Å²) in [7, 11) is 0. The van der Waals surface area contributed by atoms with E-state index in [1.807, 2.05) is 6.92 Å². The molecule has 0 radical (unpaired) electrons. The van der Waals surface area contributed by atoms with Crippen LogP contribution in [-0.2, 0) is 23.7 Å². The standard InChI is InChI=1S/C10H16O6/c1-2-13-3-4-14-7-15-6-8-5-9(11)16-10(8)12/h5,10,12H,2-4,6-7H2,1H3. The fourth-order valence-corrected chi connectivity index (χ4v) is 1.09. The Morgan fingerprint density at radius 2 is 2.12 bits per heavy atom. The van der Waals surface area contributed by atoms with Gasteiger partial charge in [-0.25, -0.2) is 4.79 Å². The molecule has 0 bridgehead atoms. The van der Waals surface area contributed by atoms with Gasteiger partial charge in [0.1, 0.15) is 6.79 Å². The van der Waals surface area contributed by atoms with Crippen LogP contribution in [0.25, 0.3) is 0 Å². The highest BCUT2D eigenvalue weighted by molar-refractivity contribution is 5.85. The van der Waals surface area contributed by atoms with Crippen LogP contribution in [0.4, 0.5) is 0 Å². The predicted octanol–water partition coefficient (Wildman–Crippen LogP) is -0.185. The number of esters is 1. The summed E-state index contributed by atoms with van der Waals surface area (Å²) in [5.41, 5.74) is 0.401. The summed E-state index contributed by atoms with van der Waals surface area (Å²) in [6.45, 7) is 3.73. The number of carbonyl (C=O) groups excluding carboxylic acids is 1. The maximum atomic E-state index is 10.7. The highest BCUT2D eigenvalue weighted by Gasteiger charge is 2.23. The highest BCUT2D eigenvalue weighted by atomic mass is 16.7. The second-order valence-electron chi connectivity index (χ2n) is 3.08. The largest absolute Gasteiger partial charge is 0.429 e. The maximum Gasteiger partial charge on any atom is 0.333 e. The molecule has 0 aromatic carbocycles. The van der Waals surface area contributed by atoms with Crippen molar-refractivity contribution < 1.29 is 28.8 Å². The second kappa shape index (κ2) is 7.34. The molecule has 1 heterocycles. The van der Waals surface area contributed by atoms with Crippen molar-refractivity contribution in [3.05, 3.63) is 11.6 Å². The fraction of sp³-hybridized carbons (Fsp3) is 0.700. The normalized spacial score (nSPS) is 19.8. The first kappa shape index (κ1) is 13.1. The molecule has 0 aliphatic carbocycles. The van der Waals surface area contributed by atoms with E-state index in [1.165, 1.54) is 6.08 Å². The van der Waals surface area contributed by atoms with Crippen LogP contribution in [0.5, 0.6) is 0 Å². The van der Waals surface area contributed by atoms with Gasteiger partial charge in [-0.15, -0.1) is 0 Å². The predicted molar refractivity (Wildman–Crippen MR) is 53.4 cm³/mol. The molecular formula is C10H16O6. The molecule has 0 saturated carbocycles. The zero-order valence-corrected chi connectivity index (χ0v) is 9.18. The van der Waals surface area contributed by atoms with E-state index in [2.05, 4.69) is 4.74 Å². The van der Waals surface area contributed by atoms with Gasteiger partial charge < -0.3 is 24.1 Å². The van der Waals surface area contributed by atoms with Gasteiger partial charge in [-0.3, -0.25) is 0 Å². The van der Waals surface area contributed by atoms with Crippen molar-refractivity contribution in [2.24, 2.45) is 0 Å². The summed E-state index contributed by atoms with van der Waals surface area (Å²) in [5, 5.41) is 9.18. The molecule has 1 atom stereocenters. The molecule has 1 unspecified atom stereocenters. The van der Waals surface area contributed by atoms with Gasteiger partial charge >= 0.3 is 5.97 Å². The zero-order chi connectivity index (χ0) is 11.8. The van der Waals surface area contributed by atoms with E-state index in [4.69, 9.17) is 14.2 Å². The Labute approximate surface area is 93.7 Å². The molecule has 0 aromatic heterocycles. The Morgan fingerprint density at radius 1 is 1.38 bits per heavy atom. The Morgan fingerprint density at radius 3 is 2.75 bits per heavy atom. The van der Waals surface area contributed by atoms with E-state index >= 15 is 0 Å². The van der Waals surface area contributed by atoms with Crippen LogP contribution in [-0.4, -0.2) is 50.6 Å². The summed E-state index contributed by atoms with van der Waals surface area (Å²) in [6.07, 6.45) is 0.0288. The SMILES string of the molecule is CCOCCOCOCC1=CC(=O)OC1O. The van der Waals surface area contributed by atoms with Gasteiger partial charge in [0.15, 0.2) is 0 Å². The van der Waals surface area contributed by atoms with Crippen molar-refractivity contribution >= 4 is 5.97 Å². The quantitative estimate of drug-likeness (QED) is 0.355. The first-order valence-corrected chi connectivity index (χ1v) is 5.06. The number of ether oxygens (including phenoxy) is 4. The highest BCUT2D eigenvalue weighted by Crippen LogP contribution is 2.12. The van der Waals surface area contributed by atoms with E-state index in [1.54, 1.807) is 0 Å². The molecule has 0 aromatic rings. The van der Waals surface area contributed by atoms with Crippen LogP contribution < -0.4 is 0 Å². The van der Waals surface area contributed by atoms with Crippen molar-refractivity contribution in [2.75, 3.05) is 33.2 Å². The molecule has 92 valence electrons. The molecule has 6 heteroatoms. The molecule has 0 saturated heterocycles. The first-order chi connectivity index (χ1) is 7.74. The Kier molecular flexibility index (Phi) is 6.02. The van der Waals surface area contributed by atoms with Crippen LogP contribution in [0.2, 0.25) is 0 Å². The Bertz CT molecular complexity index is 250. The minimum Gasteiger partial charge on any atom is -0.429 e. The summed E-state index contributed by atoms with van der Waals surface area (Å²) in [6, 6.07) is 0. The monoisotopic (exact) mass is 232 g/mol. The molecule has 0 spiro atoms. The Balaban J connectivity index is 1.99. The van der Waals surface area contributed by atoms with Crippen LogP contribution in [0.15, 0.2) is 11.6 Å². The van der Waals surface area contributed by atoms with Gasteiger partial charge in [0, 0.05) is 18.3 Å². The molecule has 6 nitrogen and oxygen atoms in total. The zero-order valence-electron chi connectivity index (χ0n) is 9.18. The van der Waals surface area contributed by atoms with E-state index in [0.717, 1.165) is 0 Å². The van der Waals surface area contributed by atoms with Crippen LogP contribution in [0.3, 0.4) is 0 Å². The molecule has 1 aliphatic rings. The van der Waals surface area contributed by atoms with Crippen LogP contribution >= 0.6 is 0 Å². The Hall–Kier alpha value is -0.950. The number of rotatable bonds is 8. The summed E-state index contributed by atoms with van der Waals surface area (Å²) < 4.78 is 19.7. The number of hydrogen-bond donors (Lipinski definition) is 1. The molecule has 1 rings (SSSR count). The lowest BCUT2D eigenvalue weighted by Gasteiger charge is -2.08. The van der Waals surface area contributed by atoms with Gasteiger partial charge in [0.25, 0.3) is 0 Å². The minimum absolute atomic E-state index is 0.0886. The van der Waals surface area contributed by atoms with Crippen molar-refractivity contribution in [2.45, 2.75) is 13.2 Å². The van der Waals surface area contributed by atoms with Gasteiger partial charge in [-0.2, -0.15) is 0 Å². The number of aliphatic hydroxyl groups excluding tert-OH is 1. The third kappa shape index (κ3) is 4.71. The lowest BCUT2D eigenvalue weighted by molar-refractivity contribution is -0.152.